The molecular formula is C40H40N6O7. The van der Waals surface area contributed by atoms with Gasteiger partial charge in [-0.05, 0) is 36.6 Å². The van der Waals surface area contributed by atoms with Gasteiger partial charge < -0.3 is 29.7 Å². The first-order chi connectivity index (χ1) is 25.8. The lowest BCUT2D eigenvalue weighted by atomic mass is 9.74. The zero-order valence-electron chi connectivity index (χ0n) is 29.1. The third kappa shape index (κ3) is 5.99. The number of carbonyl (C=O) groups is 4. The minimum absolute atomic E-state index is 0.0204. The highest BCUT2D eigenvalue weighted by atomic mass is 16.6. The van der Waals surface area contributed by atoms with Gasteiger partial charge in [-0.15, -0.1) is 5.10 Å². The molecule has 4 aromatic rings. The average Bonchev–Trinajstić information content (AvgIpc) is 3.93. The number of cyclic esters (lactones) is 1. The maximum absolute atomic E-state index is 15.3. The predicted octanol–water partition coefficient (Wildman–Crippen LogP) is 3.24. The Kier molecular flexibility index (Phi) is 9.13. The number of amides is 3. The molecule has 53 heavy (non-hydrogen) atoms. The molecule has 5 bridgehead atoms. The second kappa shape index (κ2) is 14.1. The lowest BCUT2D eigenvalue weighted by Crippen LogP contribution is -2.57. The number of benzene rings is 3. The number of aliphatic hydroxyl groups excluding tert-OH is 1. The molecule has 13 heteroatoms. The van der Waals surface area contributed by atoms with E-state index in [2.05, 4.69) is 15.6 Å². The van der Waals surface area contributed by atoms with Crippen molar-refractivity contribution in [2.45, 2.75) is 62.4 Å². The summed E-state index contributed by atoms with van der Waals surface area (Å²) in [6, 6.07) is 22.8. The van der Waals surface area contributed by atoms with Gasteiger partial charge in [0.05, 0.1) is 36.2 Å². The first-order valence-electron chi connectivity index (χ1n) is 17.9. The van der Waals surface area contributed by atoms with Crippen molar-refractivity contribution >= 4 is 34.7 Å². The summed E-state index contributed by atoms with van der Waals surface area (Å²) < 4.78 is 14.5. The van der Waals surface area contributed by atoms with Crippen LogP contribution in [-0.4, -0.2) is 90.5 Å². The Bertz CT molecular complexity index is 2090. The lowest BCUT2D eigenvalue weighted by Gasteiger charge is -2.38. The van der Waals surface area contributed by atoms with Crippen molar-refractivity contribution in [2.24, 2.45) is 11.8 Å². The topological polar surface area (TPSA) is 156 Å². The number of likely N-dealkylation sites (tertiary alicyclic amines) is 1. The van der Waals surface area contributed by atoms with Gasteiger partial charge in [0, 0.05) is 13.0 Å². The number of rotatable bonds is 6. The summed E-state index contributed by atoms with van der Waals surface area (Å²) in [4.78, 5) is 60.8. The van der Waals surface area contributed by atoms with Crippen LogP contribution in [0, 0.1) is 11.8 Å². The highest BCUT2D eigenvalue weighted by molar-refractivity contribution is 5.99. The zero-order chi connectivity index (χ0) is 36.7. The number of ether oxygens (including phenoxy) is 2. The van der Waals surface area contributed by atoms with Crippen molar-refractivity contribution < 1.29 is 33.8 Å². The van der Waals surface area contributed by atoms with E-state index in [1.165, 1.54) is 4.90 Å². The van der Waals surface area contributed by atoms with Crippen LogP contribution in [0.5, 0.6) is 0 Å². The third-order valence-electron chi connectivity index (χ3n) is 10.8. The molecule has 0 saturated carbocycles. The van der Waals surface area contributed by atoms with Gasteiger partial charge in [-0.25, -0.2) is 4.68 Å². The number of hydrogen-bond acceptors (Lipinski definition) is 9. The van der Waals surface area contributed by atoms with E-state index in [-0.39, 0.29) is 25.5 Å². The van der Waals surface area contributed by atoms with Crippen LogP contribution in [-0.2, 0) is 35.3 Å². The molecular weight excluding hydrogens is 676 g/mol. The Morgan fingerprint density at radius 3 is 2.45 bits per heavy atom. The molecule has 0 unspecified atom stereocenters. The van der Waals surface area contributed by atoms with Crippen molar-refractivity contribution in [2.75, 3.05) is 13.2 Å². The van der Waals surface area contributed by atoms with Crippen molar-refractivity contribution in [3.8, 4) is 0 Å². The third-order valence-corrected chi connectivity index (χ3v) is 10.8. The Morgan fingerprint density at radius 2 is 1.68 bits per heavy atom. The van der Waals surface area contributed by atoms with E-state index in [9.17, 15) is 19.5 Å². The maximum Gasteiger partial charge on any atom is 0.313 e. The van der Waals surface area contributed by atoms with Gasteiger partial charge in [-0.2, -0.15) is 0 Å². The summed E-state index contributed by atoms with van der Waals surface area (Å²) in [5.41, 5.74) is 1.12. The van der Waals surface area contributed by atoms with E-state index in [1.54, 1.807) is 52.9 Å². The largest absolute Gasteiger partial charge is 0.455 e. The molecule has 2 N–H and O–H groups in total. The van der Waals surface area contributed by atoms with Crippen LogP contribution in [0.15, 0.2) is 109 Å². The molecule has 272 valence electrons. The molecule has 0 aliphatic carbocycles. The summed E-state index contributed by atoms with van der Waals surface area (Å²) in [7, 11) is 0. The smallest absolute Gasteiger partial charge is 0.313 e. The molecule has 5 heterocycles. The van der Waals surface area contributed by atoms with E-state index in [0.29, 0.717) is 28.6 Å². The number of allylic oxidation sites excluding steroid dienone is 1. The highest BCUT2D eigenvalue weighted by Gasteiger charge is 2.74. The molecule has 8 atom stereocenters. The highest BCUT2D eigenvalue weighted by Crippen LogP contribution is 2.57. The van der Waals surface area contributed by atoms with Crippen molar-refractivity contribution in [1.29, 1.82) is 0 Å². The van der Waals surface area contributed by atoms with E-state index in [1.807, 2.05) is 72.8 Å². The van der Waals surface area contributed by atoms with E-state index in [0.717, 1.165) is 0 Å². The number of nitrogens with zero attached hydrogens (tertiary/aromatic N) is 5. The first-order valence-corrected chi connectivity index (χ1v) is 17.9. The summed E-state index contributed by atoms with van der Waals surface area (Å²) in [6.45, 7) is 1.38. The van der Waals surface area contributed by atoms with Crippen LogP contribution in [0.25, 0.3) is 11.0 Å². The zero-order valence-corrected chi connectivity index (χ0v) is 29.1. The fraction of sp³-hybridized carbons (Fsp3) is 0.350. The van der Waals surface area contributed by atoms with E-state index < -0.39 is 72.2 Å². The van der Waals surface area contributed by atoms with Crippen LogP contribution >= 0.6 is 0 Å². The number of aromatic nitrogens is 3. The first kappa shape index (κ1) is 34.4. The number of aliphatic hydroxyl groups is 1. The van der Waals surface area contributed by atoms with Crippen LogP contribution in [0.2, 0.25) is 0 Å². The van der Waals surface area contributed by atoms with Gasteiger partial charge in [0.1, 0.15) is 35.9 Å². The molecule has 1 spiro atoms. The molecule has 2 fully saturated rings. The molecule has 8 rings (SSSR count). The Balaban J connectivity index is 1.25. The molecule has 4 aliphatic heterocycles. The summed E-state index contributed by atoms with van der Waals surface area (Å²) in [5, 5.41) is 22.5. The number of esters is 1. The quantitative estimate of drug-likeness (QED) is 0.226. The molecule has 0 radical (unpaired) electrons. The summed E-state index contributed by atoms with van der Waals surface area (Å²) in [6.07, 6.45) is 5.96. The Hall–Kier alpha value is -5.66. The molecule has 4 aliphatic rings. The fourth-order valence-corrected chi connectivity index (χ4v) is 8.34. The summed E-state index contributed by atoms with van der Waals surface area (Å²) >= 11 is 0. The molecule has 13 nitrogen and oxygen atoms in total. The van der Waals surface area contributed by atoms with Crippen LogP contribution < -0.4 is 5.32 Å². The van der Waals surface area contributed by atoms with Crippen LogP contribution in [0.4, 0.5) is 0 Å². The van der Waals surface area contributed by atoms with Crippen molar-refractivity contribution in [1.82, 2.24) is 30.1 Å². The van der Waals surface area contributed by atoms with Gasteiger partial charge in [-0.1, -0.05) is 102 Å². The number of nitrogens with one attached hydrogen (secondary N) is 1. The lowest BCUT2D eigenvalue weighted by molar-refractivity contribution is -0.162. The maximum atomic E-state index is 15.3. The van der Waals surface area contributed by atoms with Gasteiger partial charge in [0.25, 0.3) is 5.91 Å². The fourth-order valence-electron chi connectivity index (χ4n) is 8.34. The van der Waals surface area contributed by atoms with E-state index in [4.69, 9.17) is 9.47 Å². The van der Waals surface area contributed by atoms with Crippen molar-refractivity contribution in [3.63, 3.8) is 0 Å². The number of fused-ring (bicyclic) bond motifs is 3. The second-order valence-corrected chi connectivity index (χ2v) is 14.0. The van der Waals surface area contributed by atoms with Gasteiger partial charge in [0.15, 0.2) is 0 Å². The number of hydrogen-bond donors (Lipinski definition) is 2. The van der Waals surface area contributed by atoms with Gasteiger partial charge >= 0.3 is 5.97 Å². The SMILES string of the molecule is C[C@H]1NC(=O)CC/C=C\CN(Cn2nnc3ccccc32)C(=O)[C@@H]2N([C@H](CO)c3ccccc3)C(=O)[C@H]3[C@H](C(=O)O[C@@H]1c1ccccc1)[C@@H]1C=C[C@]23O1. The average molecular weight is 717 g/mol. The Morgan fingerprint density at radius 1 is 0.943 bits per heavy atom. The van der Waals surface area contributed by atoms with Crippen LogP contribution in [0.1, 0.15) is 43.0 Å². The molecule has 3 aromatic carbocycles. The van der Waals surface area contributed by atoms with Crippen molar-refractivity contribution in [3.05, 3.63) is 120 Å². The summed E-state index contributed by atoms with van der Waals surface area (Å²) in [5.74, 6) is -4.09. The standard InChI is InChI=1S/C40H40N6O7/c1-25-35(27-15-7-3-8-16-27)52-39(51)33-31-20-21-40(53-31)34(33)37(49)46(30(23-47)26-13-5-2-6-14-26)36(40)38(50)44(22-12-4-9-19-32(48)41-25)24-45-29-18-11-10-17-28(29)42-43-45/h2-8,10-18,20-21,25,30-31,33-36,47H,9,19,22-24H2,1H3,(H,41,48)/b12-4-/t25-,30-,31+,33-,34-,35+,36+,40-/m1/s1. The van der Waals surface area contributed by atoms with Gasteiger partial charge in [0.2, 0.25) is 11.8 Å². The van der Waals surface area contributed by atoms with Gasteiger partial charge in [-0.3, -0.25) is 19.2 Å². The Labute approximate surface area is 305 Å². The predicted molar refractivity (Wildman–Crippen MR) is 191 cm³/mol. The minimum Gasteiger partial charge on any atom is -0.455 e. The monoisotopic (exact) mass is 716 g/mol. The van der Waals surface area contributed by atoms with E-state index >= 15 is 4.79 Å². The van der Waals surface area contributed by atoms with Crippen LogP contribution in [0.3, 0.4) is 0 Å². The molecule has 3 amide bonds. The second-order valence-electron chi connectivity index (χ2n) is 14.0. The minimum atomic E-state index is -1.53. The molecule has 2 saturated heterocycles. The normalized spacial score (nSPS) is 30.0. The number of para-hydroxylation sites is 1. The molecule has 1 aromatic heterocycles. The number of carbonyl (C=O) groups excluding carboxylic acids is 4.